The van der Waals surface area contributed by atoms with Crippen LogP contribution in [-0.2, 0) is 0 Å². The topological polar surface area (TPSA) is 29.1 Å². The number of alkyl halides is 1. The second kappa shape index (κ2) is 5.50. The average molecular weight is 286 g/mol. The zero-order chi connectivity index (χ0) is 13.2. The molecule has 0 aromatic heterocycles. The van der Waals surface area contributed by atoms with Crippen molar-refractivity contribution >= 4 is 29.1 Å². The highest BCUT2D eigenvalue weighted by Crippen LogP contribution is 2.31. The van der Waals surface area contributed by atoms with Crippen LogP contribution >= 0.6 is 23.2 Å². The van der Waals surface area contributed by atoms with Crippen molar-refractivity contribution in [2.45, 2.75) is 38.1 Å². The highest BCUT2D eigenvalue weighted by Gasteiger charge is 2.34. The highest BCUT2D eigenvalue weighted by atomic mass is 35.5. The molecule has 1 N–H and O–H groups in total. The molecule has 1 fully saturated rings. The summed E-state index contributed by atoms with van der Waals surface area (Å²) in [6, 6.07) is 5.36. The maximum Gasteiger partial charge on any atom is 0.252 e. The van der Waals surface area contributed by atoms with Gasteiger partial charge < -0.3 is 5.32 Å². The number of halogens is 2. The number of benzene rings is 1. The molecule has 0 bridgehead atoms. The second-order valence-corrected chi connectivity index (χ2v) is 5.74. The van der Waals surface area contributed by atoms with Crippen molar-refractivity contribution in [3.05, 3.63) is 34.3 Å². The Labute approximate surface area is 118 Å². The number of amides is 1. The van der Waals surface area contributed by atoms with E-state index < -0.39 is 0 Å². The van der Waals surface area contributed by atoms with Gasteiger partial charge in [0, 0.05) is 16.5 Å². The monoisotopic (exact) mass is 285 g/mol. The van der Waals surface area contributed by atoms with E-state index in [2.05, 4.69) is 5.32 Å². The summed E-state index contributed by atoms with van der Waals surface area (Å²) in [5.41, 5.74) is 1.34. The van der Waals surface area contributed by atoms with Crippen LogP contribution in [0, 0.1) is 6.92 Å². The third-order valence-electron chi connectivity index (χ3n) is 3.64. The Bertz CT molecular complexity index is 453. The maximum absolute atomic E-state index is 12.3. The quantitative estimate of drug-likeness (QED) is 0.838. The SMILES string of the molecule is Cc1ccc(Cl)cc1C(=O)NC1(CCl)CCCC1. The fourth-order valence-corrected chi connectivity index (χ4v) is 3.00. The Morgan fingerprint density at radius 2 is 2.06 bits per heavy atom. The molecule has 0 unspecified atom stereocenters. The minimum absolute atomic E-state index is 0.0717. The van der Waals surface area contributed by atoms with Gasteiger partial charge in [-0.2, -0.15) is 0 Å². The molecule has 0 radical (unpaired) electrons. The van der Waals surface area contributed by atoms with Gasteiger partial charge in [0.2, 0.25) is 0 Å². The summed E-state index contributed by atoms with van der Waals surface area (Å²) in [5, 5.41) is 3.68. The van der Waals surface area contributed by atoms with Crippen molar-refractivity contribution in [2.24, 2.45) is 0 Å². The first-order valence-electron chi connectivity index (χ1n) is 6.21. The van der Waals surface area contributed by atoms with Crippen LogP contribution in [0.3, 0.4) is 0 Å². The molecule has 2 rings (SSSR count). The van der Waals surface area contributed by atoms with E-state index in [0.29, 0.717) is 16.5 Å². The summed E-state index contributed by atoms with van der Waals surface area (Å²) in [4.78, 5) is 12.3. The first kappa shape index (κ1) is 13.7. The van der Waals surface area contributed by atoms with Gasteiger partial charge >= 0.3 is 0 Å². The molecule has 1 aliphatic carbocycles. The zero-order valence-corrected chi connectivity index (χ0v) is 11.9. The lowest BCUT2D eigenvalue weighted by Gasteiger charge is -2.28. The van der Waals surface area contributed by atoms with Crippen LogP contribution < -0.4 is 5.32 Å². The first-order valence-corrected chi connectivity index (χ1v) is 7.12. The van der Waals surface area contributed by atoms with Crippen LogP contribution in [0.25, 0.3) is 0 Å². The Morgan fingerprint density at radius 3 is 2.67 bits per heavy atom. The van der Waals surface area contributed by atoms with Crippen LogP contribution in [0.15, 0.2) is 18.2 Å². The van der Waals surface area contributed by atoms with Gasteiger partial charge in [-0.25, -0.2) is 0 Å². The summed E-state index contributed by atoms with van der Waals surface area (Å²) in [6.45, 7) is 1.91. The predicted octanol–water partition coefficient (Wildman–Crippen LogP) is 3.93. The van der Waals surface area contributed by atoms with E-state index in [0.717, 1.165) is 31.2 Å². The molecule has 2 nitrogen and oxygen atoms in total. The van der Waals surface area contributed by atoms with Crippen LogP contribution in [0.2, 0.25) is 5.02 Å². The highest BCUT2D eigenvalue weighted by molar-refractivity contribution is 6.31. The standard InChI is InChI=1S/C14H17Cl2NO/c1-10-4-5-11(16)8-12(10)13(18)17-14(9-15)6-2-3-7-14/h4-5,8H,2-3,6-7,9H2,1H3,(H,17,18). The van der Waals surface area contributed by atoms with Crippen molar-refractivity contribution in [3.8, 4) is 0 Å². The molecule has 18 heavy (non-hydrogen) atoms. The summed E-state index contributed by atoms with van der Waals surface area (Å²) < 4.78 is 0. The zero-order valence-electron chi connectivity index (χ0n) is 10.4. The molecule has 1 aliphatic rings. The summed E-state index contributed by atoms with van der Waals surface area (Å²) >= 11 is 12.0. The Morgan fingerprint density at radius 1 is 1.39 bits per heavy atom. The Hall–Kier alpha value is -0.730. The number of carbonyl (C=O) groups is 1. The third kappa shape index (κ3) is 2.81. The van der Waals surface area contributed by atoms with Crippen molar-refractivity contribution in [3.63, 3.8) is 0 Å². The van der Waals surface area contributed by atoms with Gasteiger partial charge in [-0.15, -0.1) is 11.6 Å². The lowest BCUT2D eigenvalue weighted by atomic mass is 9.99. The number of rotatable bonds is 3. The second-order valence-electron chi connectivity index (χ2n) is 5.03. The van der Waals surface area contributed by atoms with E-state index in [1.54, 1.807) is 12.1 Å². The third-order valence-corrected chi connectivity index (χ3v) is 4.39. The van der Waals surface area contributed by atoms with Crippen LogP contribution in [0.4, 0.5) is 0 Å². The van der Waals surface area contributed by atoms with Crippen molar-refractivity contribution in [1.29, 1.82) is 0 Å². The smallest absolute Gasteiger partial charge is 0.252 e. The number of nitrogens with one attached hydrogen (secondary N) is 1. The number of hydrogen-bond acceptors (Lipinski definition) is 1. The predicted molar refractivity (Wildman–Crippen MR) is 75.6 cm³/mol. The summed E-state index contributed by atoms with van der Waals surface area (Å²) in [6.07, 6.45) is 4.17. The van der Waals surface area contributed by atoms with Crippen molar-refractivity contribution in [1.82, 2.24) is 5.32 Å². The molecule has 1 saturated carbocycles. The molecular weight excluding hydrogens is 269 g/mol. The maximum atomic E-state index is 12.3. The van der Waals surface area contributed by atoms with Gasteiger partial charge in [0.15, 0.2) is 0 Å². The Balaban J connectivity index is 2.18. The van der Waals surface area contributed by atoms with E-state index in [4.69, 9.17) is 23.2 Å². The van der Waals surface area contributed by atoms with E-state index >= 15 is 0 Å². The minimum Gasteiger partial charge on any atom is -0.345 e. The Kier molecular flexibility index (Phi) is 4.18. The molecule has 0 heterocycles. The molecule has 0 spiro atoms. The van der Waals surface area contributed by atoms with Gasteiger partial charge in [0.1, 0.15) is 0 Å². The molecule has 4 heteroatoms. The van der Waals surface area contributed by atoms with Crippen LogP contribution in [0.1, 0.15) is 41.6 Å². The van der Waals surface area contributed by atoms with Gasteiger partial charge in [0.25, 0.3) is 5.91 Å². The number of aryl methyl sites for hydroxylation is 1. The van der Waals surface area contributed by atoms with Gasteiger partial charge in [-0.05, 0) is 37.5 Å². The van der Waals surface area contributed by atoms with E-state index in [1.165, 1.54) is 0 Å². The summed E-state index contributed by atoms with van der Waals surface area (Å²) in [5.74, 6) is 0.399. The molecule has 0 atom stereocenters. The molecule has 1 aromatic rings. The first-order chi connectivity index (χ1) is 8.56. The molecule has 0 saturated heterocycles. The molecule has 1 aromatic carbocycles. The minimum atomic E-state index is -0.229. The largest absolute Gasteiger partial charge is 0.345 e. The van der Waals surface area contributed by atoms with Gasteiger partial charge in [-0.3, -0.25) is 4.79 Å². The fourth-order valence-electron chi connectivity index (χ4n) is 2.49. The molecule has 0 aliphatic heterocycles. The van der Waals surface area contributed by atoms with Crippen LogP contribution in [0.5, 0.6) is 0 Å². The molecule has 98 valence electrons. The average Bonchev–Trinajstić information content (AvgIpc) is 2.81. The van der Waals surface area contributed by atoms with Gasteiger partial charge in [0.05, 0.1) is 5.54 Å². The fraction of sp³-hybridized carbons (Fsp3) is 0.500. The normalized spacial score (nSPS) is 17.7. The van der Waals surface area contributed by atoms with Gasteiger partial charge in [-0.1, -0.05) is 30.5 Å². The number of hydrogen-bond donors (Lipinski definition) is 1. The van der Waals surface area contributed by atoms with Crippen molar-refractivity contribution < 1.29 is 4.79 Å². The molecular formula is C14H17Cl2NO. The van der Waals surface area contributed by atoms with Crippen LogP contribution in [-0.4, -0.2) is 17.3 Å². The lowest BCUT2D eigenvalue weighted by Crippen LogP contribution is -2.48. The van der Waals surface area contributed by atoms with E-state index in [-0.39, 0.29) is 11.4 Å². The lowest BCUT2D eigenvalue weighted by molar-refractivity contribution is 0.0908. The van der Waals surface area contributed by atoms with E-state index in [1.807, 2.05) is 13.0 Å². The van der Waals surface area contributed by atoms with Crippen molar-refractivity contribution in [2.75, 3.05) is 5.88 Å². The summed E-state index contributed by atoms with van der Waals surface area (Å²) in [7, 11) is 0. The number of carbonyl (C=O) groups excluding carboxylic acids is 1. The van der Waals surface area contributed by atoms with E-state index in [9.17, 15) is 4.79 Å². The molecule has 1 amide bonds.